The van der Waals surface area contributed by atoms with Crippen molar-refractivity contribution < 1.29 is 13.0 Å². The Hall–Kier alpha value is -0.0900. The fourth-order valence-electron chi connectivity index (χ4n) is 2.89. The van der Waals surface area contributed by atoms with Gasteiger partial charge in [-0.15, -0.1) is 0 Å². The average Bonchev–Trinajstić information content (AvgIpc) is 2.40. The van der Waals surface area contributed by atoms with E-state index < -0.39 is 10.1 Å². The summed E-state index contributed by atoms with van der Waals surface area (Å²) in [5.74, 6) is 0.600. The number of rotatable bonds is 2. The minimum atomic E-state index is -4.00. The van der Waals surface area contributed by atoms with Crippen LogP contribution in [0.25, 0.3) is 0 Å². The van der Waals surface area contributed by atoms with Gasteiger partial charge in [-0.05, 0) is 43.4 Å². The smallest absolute Gasteiger partial charge is 0.0951 e. The second kappa shape index (κ2) is 2.45. The molecule has 2 bridgehead atoms. The maximum Gasteiger partial charge on any atom is 0.0951 e. The normalized spacial score (nSPS) is 40.6. The third-order valence-electron chi connectivity index (χ3n) is 3.37. The van der Waals surface area contributed by atoms with Crippen molar-refractivity contribution in [2.45, 2.75) is 32.1 Å². The first-order chi connectivity index (χ1) is 5.49. The second-order valence-corrected chi connectivity index (χ2v) is 5.75. The van der Waals surface area contributed by atoms with Crippen molar-refractivity contribution in [1.29, 1.82) is 0 Å². The van der Waals surface area contributed by atoms with Crippen LogP contribution in [0.2, 0.25) is 0 Å². The van der Waals surface area contributed by atoms with Crippen LogP contribution in [0.5, 0.6) is 0 Å². The quantitative estimate of drug-likeness (QED) is 0.611. The van der Waals surface area contributed by atoms with Crippen LogP contribution < -0.4 is 0 Å². The maximum atomic E-state index is 10.6. The molecule has 2 aliphatic rings. The summed E-state index contributed by atoms with van der Waals surface area (Å²) < 4.78 is 31.8. The molecule has 0 aromatic heterocycles. The molecule has 0 radical (unpaired) electrons. The molecule has 0 unspecified atom stereocenters. The van der Waals surface area contributed by atoms with Crippen LogP contribution in [-0.2, 0) is 10.1 Å². The third kappa shape index (κ3) is 1.50. The lowest BCUT2D eigenvalue weighted by Crippen LogP contribution is -2.25. The molecule has 0 spiro atoms. The second-order valence-electron chi connectivity index (χ2n) is 4.35. The topological polar surface area (TPSA) is 57.2 Å². The van der Waals surface area contributed by atoms with E-state index in [0.717, 1.165) is 32.1 Å². The standard InChI is InChI=1S/C8H14O3S/c9-12(10,11)6-8-3-1-7(5-8)2-4-8/h7H,1-6H2,(H,9,10,11)/p-1. The van der Waals surface area contributed by atoms with Gasteiger partial charge in [0.15, 0.2) is 0 Å². The Morgan fingerprint density at radius 2 is 1.92 bits per heavy atom. The first-order valence-electron chi connectivity index (χ1n) is 4.43. The highest BCUT2D eigenvalue weighted by Gasteiger charge is 2.45. The van der Waals surface area contributed by atoms with E-state index in [1.807, 2.05) is 0 Å². The van der Waals surface area contributed by atoms with Crippen molar-refractivity contribution in [2.75, 3.05) is 5.75 Å². The van der Waals surface area contributed by atoms with E-state index in [2.05, 4.69) is 0 Å². The molecule has 0 aromatic carbocycles. The molecule has 0 amide bonds. The largest absolute Gasteiger partial charge is 0.748 e. The predicted molar refractivity (Wildman–Crippen MR) is 43.6 cm³/mol. The Kier molecular flexibility index (Phi) is 1.74. The molecule has 0 atom stereocenters. The third-order valence-corrected chi connectivity index (χ3v) is 4.34. The zero-order valence-electron chi connectivity index (χ0n) is 6.95. The molecule has 2 aliphatic carbocycles. The lowest BCUT2D eigenvalue weighted by molar-refractivity contribution is 0.321. The minimum absolute atomic E-state index is 0.106. The van der Waals surface area contributed by atoms with Crippen molar-refractivity contribution in [3.8, 4) is 0 Å². The SMILES string of the molecule is O=S(=O)([O-])CC12CCC(CC1)C2. The average molecular weight is 189 g/mol. The van der Waals surface area contributed by atoms with Crippen LogP contribution >= 0.6 is 0 Å². The molecule has 0 saturated heterocycles. The van der Waals surface area contributed by atoms with Gasteiger partial charge in [0.05, 0.1) is 10.1 Å². The summed E-state index contributed by atoms with van der Waals surface area (Å²) in [6, 6.07) is 0. The van der Waals surface area contributed by atoms with E-state index in [4.69, 9.17) is 0 Å². The highest BCUT2D eigenvalue weighted by atomic mass is 32.2. The van der Waals surface area contributed by atoms with Crippen molar-refractivity contribution in [3.63, 3.8) is 0 Å². The van der Waals surface area contributed by atoms with E-state index in [-0.39, 0.29) is 11.2 Å². The zero-order chi connectivity index (χ0) is 8.82. The lowest BCUT2D eigenvalue weighted by atomic mass is 9.87. The van der Waals surface area contributed by atoms with Crippen LogP contribution in [0.4, 0.5) is 0 Å². The summed E-state index contributed by atoms with van der Waals surface area (Å²) in [7, 11) is -4.00. The van der Waals surface area contributed by atoms with Crippen molar-refractivity contribution >= 4 is 10.1 Å². The van der Waals surface area contributed by atoms with Crippen LogP contribution in [0.3, 0.4) is 0 Å². The molecule has 3 nitrogen and oxygen atoms in total. The van der Waals surface area contributed by atoms with Gasteiger partial charge in [0.1, 0.15) is 0 Å². The minimum Gasteiger partial charge on any atom is -0.748 e. The van der Waals surface area contributed by atoms with Gasteiger partial charge in [-0.25, -0.2) is 8.42 Å². The summed E-state index contributed by atoms with van der Waals surface area (Å²) >= 11 is 0. The van der Waals surface area contributed by atoms with E-state index in [9.17, 15) is 13.0 Å². The first-order valence-corrected chi connectivity index (χ1v) is 6.00. The van der Waals surface area contributed by atoms with Crippen LogP contribution in [0.15, 0.2) is 0 Å². The van der Waals surface area contributed by atoms with Gasteiger partial charge < -0.3 is 4.55 Å². The van der Waals surface area contributed by atoms with E-state index in [0.29, 0.717) is 5.92 Å². The summed E-state index contributed by atoms with van der Waals surface area (Å²) in [6.45, 7) is 0. The van der Waals surface area contributed by atoms with Crippen molar-refractivity contribution in [1.82, 2.24) is 0 Å². The summed E-state index contributed by atoms with van der Waals surface area (Å²) in [4.78, 5) is 0. The predicted octanol–water partition coefficient (Wildman–Crippen LogP) is 1.11. The summed E-state index contributed by atoms with van der Waals surface area (Å²) in [6.07, 6.45) is 5.16. The van der Waals surface area contributed by atoms with E-state index >= 15 is 0 Å². The molecular weight excluding hydrogens is 176 g/mol. The molecule has 70 valence electrons. The summed E-state index contributed by atoms with van der Waals surface area (Å²) in [5, 5.41) is 0. The molecule has 0 aromatic rings. The number of hydrogen-bond acceptors (Lipinski definition) is 3. The molecule has 2 fully saturated rings. The van der Waals surface area contributed by atoms with Gasteiger partial charge >= 0.3 is 0 Å². The molecule has 0 N–H and O–H groups in total. The van der Waals surface area contributed by atoms with Gasteiger partial charge in [-0.1, -0.05) is 0 Å². The maximum absolute atomic E-state index is 10.6. The Morgan fingerprint density at radius 3 is 2.25 bits per heavy atom. The van der Waals surface area contributed by atoms with Gasteiger partial charge in [0.25, 0.3) is 0 Å². The Bertz CT molecular complexity index is 273. The molecule has 2 saturated carbocycles. The fraction of sp³-hybridized carbons (Fsp3) is 1.00. The van der Waals surface area contributed by atoms with Gasteiger partial charge in [-0.3, -0.25) is 0 Å². The highest BCUT2D eigenvalue weighted by Crippen LogP contribution is 2.54. The number of fused-ring (bicyclic) bond motifs is 2. The van der Waals surface area contributed by atoms with Crippen molar-refractivity contribution in [2.24, 2.45) is 11.3 Å². The monoisotopic (exact) mass is 189 g/mol. The van der Waals surface area contributed by atoms with Gasteiger partial charge in [-0.2, -0.15) is 0 Å². The van der Waals surface area contributed by atoms with Crippen LogP contribution in [0.1, 0.15) is 32.1 Å². The Morgan fingerprint density at radius 1 is 1.33 bits per heavy atom. The van der Waals surface area contributed by atoms with Gasteiger partial charge in [0.2, 0.25) is 0 Å². The van der Waals surface area contributed by atoms with Gasteiger partial charge in [0, 0.05) is 5.75 Å². The van der Waals surface area contributed by atoms with E-state index in [1.54, 1.807) is 0 Å². The fourth-order valence-corrected chi connectivity index (χ4v) is 4.05. The molecule has 12 heavy (non-hydrogen) atoms. The van der Waals surface area contributed by atoms with Crippen molar-refractivity contribution in [3.05, 3.63) is 0 Å². The molecule has 4 heteroatoms. The first kappa shape index (κ1) is 8.51. The molecule has 2 rings (SSSR count). The van der Waals surface area contributed by atoms with E-state index in [1.165, 1.54) is 0 Å². The Labute approximate surface area is 72.9 Å². The van der Waals surface area contributed by atoms with Crippen LogP contribution in [-0.4, -0.2) is 18.7 Å². The number of hydrogen-bond donors (Lipinski definition) is 0. The zero-order valence-corrected chi connectivity index (χ0v) is 7.77. The van der Waals surface area contributed by atoms with Crippen LogP contribution in [0, 0.1) is 11.3 Å². The lowest BCUT2D eigenvalue weighted by Gasteiger charge is -2.27. The molecule has 0 heterocycles. The molecule has 0 aliphatic heterocycles. The highest BCUT2D eigenvalue weighted by molar-refractivity contribution is 7.85. The summed E-state index contributed by atoms with van der Waals surface area (Å²) in [5.41, 5.74) is -0.106. The molecular formula is C8H13O3S-. The Balaban J connectivity index is 2.13.